The summed E-state index contributed by atoms with van der Waals surface area (Å²) in [4.78, 5) is 16.5. The number of para-hydroxylation sites is 1. The van der Waals surface area contributed by atoms with Gasteiger partial charge in [0.05, 0.1) is 28.8 Å². The molecular formula is C25H30Cl2N2O2. The number of methoxy groups -OCH3 is 1. The summed E-state index contributed by atoms with van der Waals surface area (Å²) in [5.74, 6) is 0.469. The molecule has 166 valence electrons. The van der Waals surface area contributed by atoms with Gasteiger partial charge in [0, 0.05) is 25.0 Å². The van der Waals surface area contributed by atoms with Crippen LogP contribution < -0.4 is 4.90 Å². The molecule has 1 atom stereocenters. The highest BCUT2D eigenvalue weighted by atomic mass is 35.5. The summed E-state index contributed by atoms with van der Waals surface area (Å²) in [5.41, 5.74) is 5.01. The Labute approximate surface area is 195 Å². The lowest BCUT2D eigenvalue weighted by atomic mass is 9.87. The molecule has 4 rings (SSSR count). The van der Waals surface area contributed by atoms with Crippen LogP contribution in [0.5, 0.6) is 0 Å². The summed E-state index contributed by atoms with van der Waals surface area (Å²) in [7, 11) is 1.48. The number of piperidine rings is 1. The minimum Gasteiger partial charge on any atom is -0.469 e. The first-order chi connectivity index (χ1) is 14.9. The number of ether oxygens (including phenoxy) is 1. The Morgan fingerprint density at radius 2 is 1.74 bits per heavy atom. The Hall–Kier alpha value is -1.75. The zero-order valence-corrected chi connectivity index (χ0v) is 19.9. The van der Waals surface area contributed by atoms with Crippen molar-refractivity contribution in [2.45, 2.75) is 38.6 Å². The van der Waals surface area contributed by atoms with Gasteiger partial charge in [-0.1, -0.05) is 47.5 Å². The fourth-order valence-corrected chi connectivity index (χ4v) is 5.61. The van der Waals surface area contributed by atoms with E-state index in [0.29, 0.717) is 22.0 Å². The maximum Gasteiger partial charge on any atom is 0.308 e. The molecule has 0 saturated carbocycles. The molecule has 2 aliphatic rings. The Morgan fingerprint density at radius 1 is 1.10 bits per heavy atom. The molecule has 0 bridgehead atoms. The Bertz CT molecular complexity index is 930. The number of carbonyl (C=O) groups excluding carboxylic acids is 1. The van der Waals surface area contributed by atoms with E-state index >= 15 is 0 Å². The number of esters is 1. The Morgan fingerprint density at radius 3 is 2.32 bits per heavy atom. The molecule has 0 N–H and O–H groups in total. The fraction of sp³-hybridized carbons (Fsp3) is 0.480. The zero-order valence-electron chi connectivity index (χ0n) is 18.4. The number of anilines is 1. The molecule has 31 heavy (non-hydrogen) atoms. The van der Waals surface area contributed by atoms with Crippen molar-refractivity contribution in [3.05, 3.63) is 63.1 Å². The first kappa shape index (κ1) is 22.4. The van der Waals surface area contributed by atoms with Crippen LogP contribution in [-0.2, 0) is 9.53 Å². The van der Waals surface area contributed by atoms with Gasteiger partial charge in [-0.3, -0.25) is 9.69 Å². The van der Waals surface area contributed by atoms with Crippen LogP contribution >= 0.6 is 23.2 Å². The van der Waals surface area contributed by atoms with Crippen LogP contribution in [0.4, 0.5) is 5.69 Å². The van der Waals surface area contributed by atoms with Crippen LogP contribution in [0.1, 0.15) is 48.4 Å². The third-order valence-corrected chi connectivity index (χ3v) is 7.57. The largest absolute Gasteiger partial charge is 0.469 e. The van der Waals surface area contributed by atoms with Crippen LogP contribution in [0.3, 0.4) is 0 Å². The second-order valence-corrected chi connectivity index (χ2v) is 9.61. The van der Waals surface area contributed by atoms with Crippen molar-refractivity contribution in [1.29, 1.82) is 0 Å². The van der Waals surface area contributed by atoms with Gasteiger partial charge in [-0.15, -0.1) is 0 Å². The summed E-state index contributed by atoms with van der Waals surface area (Å²) in [5, 5.41) is 1.42. The van der Waals surface area contributed by atoms with Gasteiger partial charge in [-0.2, -0.15) is 0 Å². The monoisotopic (exact) mass is 460 g/mol. The third-order valence-electron chi connectivity index (χ3n) is 6.96. The van der Waals surface area contributed by atoms with Crippen molar-refractivity contribution < 1.29 is 9.53 Å². The van der Waals surface area contributed by atoms with Crippen molar-refractivity contribution >= 4 is 34.9 Å². The highest BCUT2D eigenvalue weighted by Crippen LogP contribution is 2.40. The Kier molecular flexibility index (Phi) is 6.80. The lowest BCUT2D eigenvalue weighted by Crippen LogP contribution is -2.45. The van der Waals surface area contributed by atoms with Crippen molar-refractivity contribution in [3.63, 3.8) is 0 Å². The number of hydrogen-bond donors (Lipinski definition) is 0. The number of aryl methyl sites for hydroxylation is 1. The topological polar surface area (TPSA) is 32.8 Å². The molecule has 0 aromatic heterocycles. The van der Waals surface area contributed by atoms with E-state index in [4.69, 9.17) is 27.9 Å². The molecule has 1 unspecified atom stereocenters. The standard InChI is InChI=1S/C25H30Cl2N2O2/c1-16-13-19(20-14-29(15-20)24-22(26)5-4-6-23(24)27)7-8-21(16)17(2)28-11-9-18(10-12-28)25(30)31-3/h4-8,13,17-18,20H,9-12,14-15H2,1-3H3. The van der Waals surface area contributed by atoms with Crippen molar-refractivity contribution in [2.75, 3.05) is 38.2 Å². The maximum absolute atomic E-state index is 11.8. The minimum atomic E-state index is -0.0690. The van der Waals surface area contributed by atoms with E-state index in [9.17, 15) is 4.79 Å². The van der Waals surface area contributed by atoms with Crippen molar-refractivity contribution in [3.8, 4) is 0 Å². The predicted molar refractivity (Wildman–Crippen MR) is 127 cm³/mol. The molecule has 4 nitrogen and oxygen atoms in total. The van der Waals surface area contributed by atoms with E-state index in [-0.39, 0.29) is 11.9 Å². The molecule has 0 amide bonds. The normalized spacial score (nSPS) is 19.2. The molecule has 2 aliphatic heterocycles. The maximum atomic E-state index is 11.8. The number of rotatable bonds is 5. The van der Waals surface area contributed by atoms with Crippen molar-refractivity contribution in [2.24, 2.45) is 5.92 Å². The lowest BCUT2D eigenvalue weighted by molar-refractivity contribution is -0.147. The van der Waals surface area contributed by atoms with Gasteiger partial charge in [-0.25, -0.2) is 0 Å². The first-order valence-corrected chi connectivity index (χ1v) is 11.8. The number of hydrogen-bond acceptors (Lipinski definition) is 4. The van der Waals surface area contributed by atoms with Gasteiger partial charge in [-0.05, 0) is 68.6 Å². The quantitative estimate of drug-likeness (QED) is 0.523. The number of carbonyl (C=O) groups is 1. The number of halogens is 2. The van der Waals surface area contributed by atoms with Gasteiger partial charge in [0.15, 0.2) is 0 Å². The van der Waals surface area contributed by atoms with Gasteiger partial charge in [0.1, 0.15) is 0 Å². The van der Waals surface area contributed by atoms with Crippen molar-refractivity contribution in [1.82, 2.24) is 4.90 Å². The van der Waals surface area contributed by atoms with Crippen LogP contribution in [0.2, 0.25) is 10.0 Å². The molecule has 0 radical (unpaired) electrons. The van der Waals surface area contributed by atoms with Gasteiger partial charge < -0.3 is 9.64 Å². The first-order valence-electron chi connectivity index (χ1n) is 11.0. The molecule has 2 aromatic rings. The third kappa shape index (κ3) is 4.57. The number of likely N-dealkylation sites (tertiary alicyclic amines) is 1. The predicted octanol–water partition coefficient (Wildman–Crippen LogP) is 5.85. The number of benzene rings is 2. The molecule has 0 aliphatic carbocycles. The minimum absolute atomic E-state index is 0.0464. The van der Waals surface area contributed by atoms with Crippen LogP contribution in [0.15, 0.2) is 36.4 Å². The summed E-state index contributed by atoms with van der Waals surface area (Å²) in [6.07, 6.45) is 1.74. The van der Waals surface area contributed by atoms with E-state index < -0.39 is 0 Å². The Balaban J connectivity index is 1.38. The zero-order chi connectivity index (χ0) is 22.1. The molecule has 0 spiro atoms. The van der Waals surface area contributed by atoms with E-state index in [1.807, 2.05) is 18.2 Å². The second-order valence-electron chi connectivity index (χ2n) is 8.80. The SMILES string of the molecule is COC(=O)C1CCN(C(C)c2ccc(C3CN(c4c(Cl)cccc4Cl)C3)cc2C)CC1. The van der Waals surface area contributed by atoms with Crippen LogP contribution in [0.25, 0.3) is 0 Å². The highest BCUT2D eigenvalue weighted by molar-refractivity contribution is 6.39. The molecular weight excluding hydrogens is 431 g/mol. The summed E-state index contributed by atoms with van der Waals surface area (Å²) in [6, 6.07) is 12.9. The highest BCUT2D eigenvalue weighted by Gasteiger charge is 2.32. The molecule has 2 saturated heterocycles. The fourth-order valence-electron chi connectivity index (χ4n) is 4.97. The van der Waals surface area contributed by atoms with Crippen LogP contribution in [-0.4, -0.2) is 44.2 Å². The average molecular weight is 461 g/mol. The second kappa shape index (κ2) is 9.40. The summed E-state index contributed by atoms with van der Waals surface area (Å²) in [6.45, 7) is 8.19. The molecule has 2 fully saturated rings. The smallest absolute Gasteiger partial charge is 0.308 e. The number of nitrogens with zero attached hydrogens (tertiary/aromatic N) is 2. The van der Waals surface area contributed by atoms with E-state index in [1.54, 1.807) is 0 Å². The summed E-state index contributed by atoms with van der Waals surface area (Å²) >= 11 is 12.7. The summed E-state index contributed by atoms with van der Waals surface area (Å²) < 4.78 is 4.91. The molecule has 2 aromatic carbocycles. The van der Waals surface area contributed by atoms with Gasteiger partial charge >= 0.3 is 5.97 Å². The molecule has 6 heteroatoms. The average Bonchev–Trinajstić information content (AvgIpc) is 2.74. The van der Waals surface area contributed by atoms with Crippen LogP contribution in [0, 0.1) is 12.8 Å². The molecule has 2 heterocycles. The lowest BCUT2D eigenvalue weighted by Gasteiger charge is -2.42. The van der Waals surface area contributed by atoms with Gasteiger partial charge in [0.2, 0.25) is 0 Å². The van der Waals surface area contributed by atoms with E-state index in [0.717, 1.165) is 44.7 Å². The van der Waals surface area contributed by atoms with E-state index in [1.165, 1.54) is 23.8 Å². The van der Waals surface area contributed by atoms with Gasteiger partial charge in [0.25, 0.3) is 0 Å². The van der Waals surface area contributed by atoms with E-state index in [2.05, 4.69) is 41.8 Å².